The monoisotopic (exact) mass is 468 g/mol. The number of hydrogen-bond donors (Lipinski definition) is 1. The van der Waals surface area contributed by atoms with E-state index in [4.69, 9.17) is 16.7 Å². The van der Waals surface area contributed by atoms with E-state index in [-0.39, 0.29) is 24.4 Å². The Morgan fingerprint density at radius 3 is 2.75 bits per heavy atom. The van der Waals surface area contributed by atoms with Crippen molar-refractivity contribution in [2.75, 3.05) is 4.90 Å². The molecule has 32 heavy (non-hydrogen) atoms. The number of fused-ring (bicyclic) bond motifs is 1. The molecule has 0 bridgehead atoms. The third-order valence-electron chi connectivity index (χ3n) is 6.59. The minimum atomic E-state index is -1.14. The highest BCUT2D eigenvalue weighted by Gasteiger charge is 2.49. The molecule has 6 nitrogen and oxygen atoms in total. The molecule has 0 spiro atoms. The smallest absolute Gasteiger partial charge is 0.277 e. The second-order valence-corrected chi connectivity index (χ2v) is 10.2. The second kappa shape index (κ2) is 8.05. The Balaban J connectivity index is 1.61. The van der Waals surface area contributed by atoms with Crippen molar-refractivity contribution in [1.82, 2.24) is 15.1 Å². The SMILES string of the molecule is Cc1c(Cl)cccc1N1C(=O)c2cc(-c3cccs3)nn2C[C@]1(C)C(=O)NC1CCCC1. The first-order valence-electron chi connectivity index (χ1n) is 10.9. The zero-order valence-electron chi connectivity index (χ0n) is 18.1. The fourth-order valence-corrected chi connectivity index (χ4v) is 5.60. The summed E-state index contributed by atoms with van der Waals surface area (Å²) in [5.41, 5.74) is 1.50. The van der Waals surface area contributed by atoms with E-state index in [0.29, 0.717) is 16.4 Å². The van der Waals surface area contributed by atoms with Gasteiger partial charge >= 0.3 is 0 Å². The quantitative estimate of drug-likeness (QED) is 0.582. The Kier molecular flexibility index (Phi) is 5.34. The molecule has 8 heteroatoms. The van der Waals surface area contributed by atoms with Gasteiger partial charge in [-0.1, -0.05) is 36.6 Å². The summed E-state index contributed by atoms with van der Waals surface area (Å²) in [5.74, 6) is -0.406. The number of carbonyl (C=O) groups excluding carboxylic acids is 2. The van der Waals surface area contributed by atoms with Gasteiger partial charge < -0.3 is 5.32 Å². The van der Waals surface area contributed by atoms with Crippen LogP contribution in [0.2, 0.25) is 5.02 Å². The van der Waals surface area contributed by atoms with Crippen LogP contribution >= 0.6 is 22.9 Å². The lowest BCUT2D eigenvalue weighted by molar-refractivity contribution is -0.127. The molecule has 1 aromatic carbocycles. The Labute approximate surface area is 196 Å². The summed E-state index contributed by atoms with van der Waals surface area (Å²) in [4.78, 5) is 30.1. The highest BCUT2D eigenvalue weighted by atomic mass is 35.5. The molecule has 5 rings (SSSR count). The van der Waals surface area contributed by atoms with Gasteiger partial charge in [-0.05, 0) is 61.9 Å². The van der Waals surface area contributed by atoms with Crippen molar-refractivity contribution >= 4 is 40.4 Å². The van der Waals surface area contributed by atoms with E-state index in [9.17, 15) is 9.59 Å². The molecule has 0 saturated heterocycles. The maximum atomic E-state index is 13.9. The number of thiophene rings is 1. The number of anilines is 1. The number of amides is 2. The van der Waals surface area contributed by atoms with Crippen LogP contribution in [0.4, 0.5) is 5.69 Å². The first kappa shape index (κ1) is 21.2. The largest absolute Gasteiger partial charge is 0.351 e. The predicted molar refractivity (Wildman–Crippen MR) is 127 cm³/mol. The van der Waals surface area contributed by atoms with Gasteiger partial charge in [0.1, 0.15) is 16.9 Å². The van der Waals surface area contributed by atoms with Crippen LogP contribution in [0.3, 0.4) is 0 Å². The molecule has 0 radical (unpaired) electrons. The predicted octanol–water partition coefficient (Wildman–Crippen LogP) is 5.05. The van der Waals surface area contributed by atoms with E-state index in [1.54, 1.807) is 27.0 Å². The molecule has 2 aliphatic rings. The third-order valence-corrected chi connectivity index (χ3v) is 7.89. The van der Waals surface area contributed by atoms with E-state index in [1.165, 1.54) is 0 Å². The molecule has 166 valence electrons. The summed E-state index contributed by atoms with van der Waals surface area (Å²) < 4.78 is 1.68. The van der Waals surface area contributed by atoms with Crippen molar-refractivity contribution in [1.29, 1.82) is 0 Å². The summed E-state index contributed by atoms with van der Waals surface area (Å²) in [7, 11) is 0. The average Bonchev–Trinajstić information content (AvgIpc) is 3.52. The van der Waals surface area contributed by atoms with Crippen molar-refractivity contribution in [3.8, 4) is 10.6 Å². The number of aromatic nitrogens is 2. The molecule has 1 aliphatic heterocycles. The number of carbonyl (C=O) groups is 2. The van der Waals surface area contributed by atoms with Crippen LogP contribution in [0.15, 0.2) is 41.8 Å². The minimum absolute atomic E-state index is 0.150. The second-order valence-electron chi connectivity index (χ2n) is 8.80. The van der Waals surface area contributed by atoms with Crippen molar-refractivity contribution in [3.05, 3.63) is 58.1 Å². The average molecular weight is 469 g/mol. The lowest BCUT2D eigenvalue weighted by Crippen LogP contribution is -2.65. The number of nitrogens with zero attached hydrogens (tertiary/aromatic N) is 3. The van der Waals surface area contributed by atoms with Crippen LogP contribution in [-0.2, 0) is 11.3 Å². The van der Waals surface area contributed by atoms with Gasteiger partial charge in [0.25, 0.3) is 5.91 Å². The van der Waals surface area contributed by atoms with Gasteiger partial charge in [-0.15, -0.1) is 11.3 Å². The lowest BCUT2D eigenvalue weighted by atomic mass is 9.92. The Morgan fingerprint density at radius 2 is 2.03 bits per heavy atom. The fraction of sp³-hybridized carbons (Fsp3) is 0.375. The first-order valence-corrected chi connectivity index (χ1v) is 12.2. The summed E-state index contributed by atoms with van der Waals surface area (Å²) >= 11 is 7.98. The minimum Gasteiger partial charge on any atom is -0.351 e. The van der Waals surface area contributed by atoms with E-state index in [2.05, 4.69) is 5.32 Å². The number of halogens is 1. The maximum absolute atomic E-state index is 13.9. The van der Waals surface area contributed by atoms with Crippen LogP contribution in [-0.4, -0.2) is 33.2 Å². The van der Waals surface area contributed by atoms with Crippen LogP contribution in [0.5, 0.6) is 0 Å². The van der Waals surface area contributed by atoms with Gasteiger partial charge in [-0.2, -0.15) is 5.10 Å². The fourth-order valence-electron chi connectivity index (χ4n) is 4.75. The Morgan fingerprint density at radius 1 is 1.25 bits per heavy atom. The van der Waals surface area contributed by atoms with E-state index in [1.807, 2.05) is 49.6 Å². The third kappa shape index (κ3) is 3.44. The zero-order chi connectivity index (χ0) is 22.5. The molecule has 1 N–H and O–H groups in total. The molecule has 3 heterocycles. The maximum Gasteiger partial charge on any atom is 0.277 e. The summed E-state index contributed by atoms with van der Waals surface area (Å²) in [6, 6.07) is 11.4. The van der Waals surface area contributed by atoms with E-state index < -0.39 is 5.54 Å². The van der Waals surface area contributed by atoms with Gasteiger partial charge in [0.05, 0.1) is 11.4 Å². The van der Waals surface area contributed by atoms with Crippen molar-refractivity contribution in [2.24, 2.45) is 0 Å². The highest BCUT2D eigenvalue weighted by Crippen LogP contribution is 2.38. The molecule has 1 atom stereocenters. The van der Waals surface area contributed by atoms with Crippen molar-refractivity contribution in [3.63, 3.8) is 0 Å². The van der Waals surface area contributed by atoms with Crippen LogP contribution in [0, 0.1) is 6.92 Å². The highest BCUT2D eigenvalue weighted by molar-refractivity contribution is 7.13. The van der Waals surface area contributed by atoms with Gasteiger partial charge in [-0.25, -0.2) is 0 Å². The molecule has 0 unspecified atom stereocenters. The standard InChI is InChI=1S/C24H25ClN4O2S/c1-15-17(25)9-5-10-19(15)29-22(30)20-13-18(21-11-6-12-32-21)27-28(20)14-24(29,2)23(31)26-16-7-3-4-8-16/h5-6,9-13,16H,3-4,7-8,14H2,1-2H3,(H,26,31)/t24-/m1/s1. The Hall–Kier alpha value is -2.64. The van der Waals surface area contributed by atoms with Gasteiger partial charge in [-0.3, -0.25) is 19.2 Å². The number of nitrogens with one attached hydrogen (secondary N) is 1. The zero-order valence-corrected chi connectivity index (χ0v) is 19.7. The molecular weight excluding hydrogens is 444 g/mol. The van der Waals surface area contributed by atoms with Crippen LogP contribution in [0.25, 0.3) is 10.6 Å². The first-order chi connectivity index (χ1) is 15.4. The molecule has 2 aromatic heterocycles. The van der Waals surface area contributed by atoms with Crippen molar-refractivity contribution < 1.29 is 9.59 Å². The molecular formula is C24H25ClN4O2S. The summed E-state index contributed by atoms with van der Waals surface area (Å²) in [6.45, 7) is 3.97. The van der Waals surface area contributed by atoms with Gasteiger partial charge in [0.15, 0.2) is 0 Å². The summed E-state index contributed by atoms with van der Waals surface area (Å²) in [5, 5.41) is 10.4. The lowest BCUT2D eigenvalue weighted by Gasteiger charge is -2.44. The molecule has 1 saturated carbocycles. The number of benzene rings is 1. The van der Waals surface area contributed by atoms with Gasteiger partial charge in [0.2, 0.25) is 5.91 Å². The molecule has 2 amide bonds. The Bertz CT molecular complexity index is 1180. The molecule has 1 fully saturated rings. The van der Waals surface area contributed by atoms with Crippen molar-refractivity contribution in [2.45, 2.75) is 57.7 Å². The topological polar surface area (TPSA) is 67.2 Å². The summed E-state index contributed by atoms with van der Waals surface area (Å²) in [6.07, 6.45) is 4.18. The normalized spacial score (nSPS) is 21.1. The molecule has 1 aliphatic carbocycles. The van der Waals surface area contributed by atoms with E-state index in [0.717, 1.165) is 41.8 Å². The van der Waals surface area contributed by atoms with Crippen LogP contribution < -0.4 is 10.2 Å². The number of hydrogen-bond acceptors (Lipinski definition) is 4. The van der Waals surface area contributed by atoms with Crippen LogP contribution in [0.1, 0.15) is 48.7 Å². The molecule has 3 aromatic rings. The van der Waals surface area contributed by atoms with E-state index >= 15 is 0 Å². The number of rotatable bonds is 4. The van der Waals surface area contributed by atoms with Gasteiger partial charge in [0, 0.05) is 16.8 Å².